The van der Waals surface area contributed by atoms with Gasteiger partial charge in [0.2, 0.25) is 0 Å². The molecule has 2 aromatic rings. The second-order valence-corrected chi connectivity index (χ2v) is 8.04. The van der Waals surface area contributed by atoms with E-state index in [1.54, 1.807) is 46.8 Å². The maximum Gasteiger partial charge on any atom is 0.340 e. The van der Waals surface area contributed by atoms with Crippen LogP contribution in [-0.4, -0.2) is 31.7 Å². The first kappa shape index (κ1) is 20.7. The highest BCUT2D eigenvalue weighted by atomic mass is 32.2. The molecule has 0 saturated heterocycles. The minimum atomic E-state index is -3.80. The van der Waals surface area contributed by atoms with Crippen molar-refractivity contribution in [2.45, 2.75) is 46.4 Å². The number of hydrogen-bond acceptors (Lipinski definition) is 5. The number of hydrogen-bond donors (Lipinski definition) is 2. The average molecular weight is 391 g/mol. The van der Waals surface area contributed by atoms with Gasteiger partial charge in [0.1, 0.15) is 0 Å². The number of sulfonamides is 1. The molecule has 2 N–H and O–H groups in total. The lowest BCUT2D eigenvalue weighted by atomic mass is 10.1. The molecule has 0 atom stereocenters. The van der Waals surface area contributed by atoms with Gasteiger partial charge in [-0.3, -0.25) is 0 Å². The Bertz CT molecular complexity index is 1000. The summed E-state index contributed by atoms with van der Waals surface area (Å²) in [5, 5.41) is 4.03. The van der Waals surface area contributed by atoms with Crippen molar-refractivity contribution in [2.24, 2.45) is 5.10 Å². The number of aromatic amines is 1. The first-order chi connectivity index (χ1) is 12.6. The minimum absolute atomic E-state index is 0.186. The molecule has 0 aliphatic rings. The summed E-state index contributed by atoms with van der Waals surface area (Å²) in [6.07, 6.45) is 0. The van der Waals surface area contributed by atoms with E-state index in [0.29, 0.717) is 33.8 Å². The second kappa shape index (κ2) is 7.96. The van der Waals surface area contributed by atoms with E-state index in [1.165, 1.54) is 0 Å². The molecule has 146 valence electrons. The van der Waals surface area contributed by atoms with Crippen molar-refractivity contribution in [3.63, 3.8) is 0 Å². The molecular formula is C19H25N3O4S. The quantitative estimate of drug-likeness (QED) is 0.449. The van der Waals surface area contributed by atoms with E-state index in [9.17, 15) is 13.2 Å². The number of aryl methyl sites for hydroxylation is 3. The average Bonchev–Trinajstić information content (AvgIpc) is 2.89. The number of aromatic nitrogens is 1. The molecule has 2 rings (SSSR count). The molecule has 27 heavy (non-hydrogen) atoms. The molecule has 0 aliphatic heterocycles. The Morgan fingerprint density at radius 1 is 1.22 bits per heavy atom. The molecular weight excluding hydrogens is 366 g/mol. The summed E-state index contributed by atoms with van der Waals surface area (Å²) in [5.41, 5.74) is 4.23. The number of H-pyrrole nitrogens is 1. The van der Waals surface area contributed by atoms with Crippen molar-refractivity contribution < 1.29 is 17.9 Å². The monoisotopic (exact) mass is 391 g/mol. The van der Waals surface area contributed by atoms with Crippen molar-refractivity contribution in [1.82, 2.24) is 9.82 Å². The Morgan fingerprint density at radius 3 is 2.52 bits per heavy atom. The van der Waals surface area contributed by atoms with Crippen molar-refractivity contribution in [3.05, 3.63) is 51.8 Å². The summed E-state index contributed by atoms with van der Waals surface area (Å²) in [7, 11) is -3.80. The molecule has 1 heterocycles. The number of nitrogens with one attached hydrogen (secondary N) is 2. The summed E-state index contributed by atoms with van der Waals surface area (Å²) in [6.45, 7) is 10.8. The highest BCUT2D eigenvalue weighted by molar-refractivity contribution is 7.89. The summed E-state index contributed by atoms with van der Waals surface area (Å²) in [5.74, 6) is -0.418. The number of nitrogens with zero attached hydrogens (tertiary/aromatic N) is 1. The summed E-state index contributed by atoms with van der Waals surface area (Å²) >= 11 is 0. The van der Waals surface area contributed by atoms with Crippen LogP contribution in [0, 0.1) is 27.7 Å². The molecule has 0 radical (unpaired) electrons. The zero-order valence-corrected chi connectivity index (χ0v) is 17.2. The number of benzene rings is 1. The van der Waals surface area contributed by atoms with Crippen molar-refractivity contribution in [2.75, 3.05) is 6.61 Å². The van der Waals surface area contributed by atoms with Gasteiger partial charge >= 0.3 is 5.97 Å². The Labute approximate surface area is 159 Å². The maximum absolute atomic E-state index is 12.6. The van der Waals surface area contributed by atoms with Gasteiger partial charge in [0.25, 0.3) is 10.0 Å². The number of carbonyl (C=O) groups excluding carboxylic acids is 1. The first-order valence-corrected chi connectivity index (χ1v) is 10.1. The molecule has 0 unspecified atom stereocenters. The van der Waals surface area contributed by atoms with Crippen LogP contribution in [0.3, 0.4) is 0 Å². The van der Waals surface area contributed by atoms with Gasteiger partial charge in [-0.15, -0.1) is 0 Å². The fraction of sp³-hybridized carbons (Fsp3) is 0.368. The van der Waals surface area contributed by atoms with E-state index in [2.05, 4.69) is 14.9 Å². The van der Waals surface area contributed by atoms with Crippen LogP contribution >= 0.6 is 0 Å². The molecule has 0 saturated carbocycles. The van der Waals surface area contributed by atoms with Crippen LogP contribution in [0.15, 0.2) is 28.2 Å². The van der Waals surface area contributed by atoms with Gasteiger partial charge in [-0.25, -0.2) is 4.79 Å². The lowest BCUT2D eigenvalue weighted by molar-refractivity contribution is 0.0525. The zero-order chi connectivity index (χ0) is 20.4. The van der Waals surface area contributed by atoms with Gasteiger partial charge in [0.15, 0.2) is 0 Å². The lowest BCUT2D eigenvalue weighted by Crippen LogP contribution is -2.21. The van der Waals surface area contributed by atoms with Crippen LogP contribution < -0.4 is 4.83 Å². The van der Waals surface area contributed by atoms with E-state index < -0.39 is 16.0 Å². The van der Waals surface area contributed by atoms with Gasteiger partial charge in [0.05, 0.1) is 28.5 Å². The summed E-state index contributed by atoms with van der Waals surface area (Å²) in [4.78, 5) is 17.6. The van der Waals surface area contributed by atoms with Gasteiger partial charge < -0.3 is 9.72 Å². The molecule has 8 heteroatoms. The van der Waals surface area contributed by atoms with Crippen LogP contribution in [0.4, 0.5) is 0 Å². The highest BCUT2D eigenvalue weighted by Gasteiger charge is 2.21. The normalized spacial score (nSPS) is 12.1. The minimum Gasteiger partial charge on any atom is -0.462 e. The smallest absolute Gasteiger partial charge is 0.340 e. The van der Waals surface area contributed by atoms with Crippen LogP contribution in [0.1, 0.15) is 52.3 Å². The van der Waals surface area contributed by atoms with Crippen molar-refractivity contribution in [1.29, 1.82) is 0 Å². The van der Waals surface area contributed by atoms with Gasteiger partial charge in [-0.05, 0) is 64.3 Å². The highest BCUT2D eigenvalue weighted by Crippen LogP contribution is 2.20. The second-order valence-electron chi connectivity index (χ2n) is 6.41. The van der Waals surface area contributed by atoms with Crippen LogP contribution in [0.2, 0.25) is 0 Å². The van der Waals surface area contributed by atoms with E-state index in [-0.39, 0.29) is 11.5 Å². The fourth-order valence-electron chi connectivity index (χ4n) is 2.85. The van der Waals surface area contributed by atoms with E-state index in [0.717, 1.165) is 5.56 Å². The lowest BCUT2D eigenvalue weighted by Gasteiger charge is -2.09. The van der Waals surface area contributed by atoms with Crippen LogP contribution in [0.5, 0.6) is 0 Å². The Morgan fingerprint density at radius 2 is 1.89 bits per heavy atom. The number of rotatable bonds is 6. The largest absolute Gasteiger partial charge is 0.462 e. The number of hydrazone groups is 1. The van der Waals surface area contributed by atoms with Gasteiger partial charge in [-0.1, -0.05) is 12.1 Å². The fourth-order valence-corrected chi connectivity index (χ4v) is 4.04. The Hall–Kier alpha value is -2.61. The van der Waals surface area contributed by atoms with Crippen molar-refractivity contribution in [3.8, 4) is 0 Å². The first-order valence-electron chi connectivity index (χ1n) is 8.58. The SMILES string of the molecule is CCOC(=O)c1c(C)[nH]c(/C(C)=N/NS(=O)(=O)c2cc(C)ccc2C)c1C. The molecule has 0 spiro atoms. The predicted molar refractivity (Wildman–Crippen MR) is 105 cm³/mol. The third kappa shape index (κ3) is 4.39. The Kier molecular flexibility index (Phi) is 6.10. The molecule has 0 bridgehead atoms. The van der Waals surface area contributed by atoms with E-state index >= 15 is 0 Å². The Balaban J connectivity index is 2.34. The third-order valence-electron chi connectivity index (χ3n) is 4.25. The van der Waals surface area contributed by atoms with Crippen LogP contribution in [-0.2, 0) is 14.8 Å². The molecule has 0 amide bonds. The maximum atomic E-state index is 12.6. The summed E-state index contributed by atoms with van der Waals surface area (Å²) < 4.78 is 30.2. The van der Waals surface area contributed by atoms with E-state index in [4.69, 9.17) is 4.74 Å². The summed E-state index contributed by atoms with van der Waals surface area (Å²) in [6, 6.07) is 5.21. The molecule has 0 fully saturated rings. The molecule has 7 nitrogen and oxygen atoms in total. The standard InChI is InChI=1S/C19H25N3O4S/c1-7-26-19(23)17-13(4)18(20-14(17)5)15(6)21-22-27(24,25)16-10-11(2)8-9-12(16)3/h8-10,20,22H,7H2,1-6H3/b21-15+. The molecule has 1 aromatic carbocycles. The third-order valence-corrected chi connectivity index (χ3v) is 5.60. The van der Waals surface area contributed by atoms with E-state index in [1.807, 2.05) is 13.0 Å². The van der Waals surface area contributed by atoms with Crippen molar-refractivity contribution >= 4 is 21.7 Å². The molecule has 1 aromatic heterocycles. The topological polar surface area (TPSA) is 101 Å². The predicted octanol–water partition coefficient (Wildman–Crippen LogP) is 3.13. The van der Waals surface area contributed by atoms with Gasteiger partial charge in [-0.2, -0.15) is 18.4 Å². The van der Waals surface area contributed by atoms with Crippen LogP contribution in [0.25, 0.3) is 0 Å². The molecule has 0 aliphatic carbocycles. The number of ether oxygens (including phenoxy) is 1. The van der Waals surface area contributed by atoms with Gasteiger partial charge in [0, 0.05) is 5.69 Å². The number of esters is 1. The zero-order valence-electron chi connectivity index (χ0n) is 16.4. The number of carbonyl (C=O) groups is 1.